The van der Waals surface area contributed by atoms with E-state index in [0.29, 0.717) is 6.54 Å². The molecule has 6 heteroatoms. The van der Waals surface area contributed by atoms with Crippen molar-refractivity contribution in [2.75, 3.05) is 0 Å². The molecule has 116 valence electrons. The lowest BCUT2D eigenvalue weighted by atomic mass is 10.1. The number of amides is 2. The Morgan fingerprint density at radius 3 is 2.57 bits per heavy atom. The largest absolute Gasteiger partial charge is 0.391 e. The molecule has 0 saturated heterocycles. The van der Waals surface area contributed by atoms with Crippen LogP contribution in [0, 0.1) is 5.92 Å². The molecule has 1 saturated carbocycles. The van der Waals surface area contributed by atoms with E-state index in [2.05, 4.69) is 17.6 Å². The Morgan fingerprint density at radius 1 is 1.38 bits per heavy atom. The van der Waals surface area contributed by atoms with Crippen molar-refractivity contribution < 1.29 is 14.7 Å². The average molecular weight is 310 g/mol. The molecule has 1 aliphatic carbocycles. The molecule has 2 atom stereocenters. The quantitative estimate of drug-likeness (QED) is 0.708. The monoisotopic (exact) mass is 310 g/mol. The molecule has 1 aliphatic rings. The highest BCUT2D eigenvalue weighted by Crippen LogP contribution is 2.29. The van der Waals surface area contributed by atoms with Gasteiger partial charge in [-0.1, -0.05) is 6.92 Å². The number of nitrogens with one attached hydrogen (secondary N) is 2. The first-order valence-corrected chi connectivity index (χ1v) is 8.16. The average Bonchev–Trinajstić information content (AvgIpc) is 3.20. The highest BCUT2D eigenvalue weighted by Gasteiger charge is 2.34. The van der Waals surface area contributed by atoms with E-state index in [0.717, 1.165) is 24.1 Å². The van der Waals surface area contributed by atoms with E-state index in [1.54, 1.807) is 11.3 Å². The van der Waals surface area contributed by atoms with Gasteiger partial charge in [-0.25, -0.2) is 0 Å². The van der Waals surface area contributed by atoms with Crippen LogP contribution in [0.1, 0.15) is 36.4 Å². The molecule has 1 aromatic heterocycles. The van der Waals surface area contributed by atoms with Crippen LogP contribution in [0.25, 0.3) is 0 Å². The van der Waals surface area contributed by atoms with Gasteiger partial charge in [0.1, 0.15) is 6.04 Å². The Kier molecular flexibility index (Phi) is 5.36. The van der Waals surface area contributed by atoms with E-state index in [9.17, 15) is 14.7 Å². The molecule has 3 N–H and O–H groups in total. The Labute approximate surface area is 128 Å². The molecule has 2 amide bonds. The third-order valence-electron chi connectivity index (χ3n) is 3.51. The normalized spacial score (nSPS) is 17.1. The van der Waals surface area contributed by atoms with Gasteiger partial charge in [-0.2, -0.15) is 0 Å². The maximum absolute atomic E-state index is 12.1. The van der Waals surface area contributed by atoms with Crippen LogP contribution < -0.4 is 10.6 Å². The van der Waals surface area contributed by atoms with Gasteiger partial charge in [-0.05, 0) is 38.3 Å². The van der Waals surface area contributed by atoms with Crippen molar-refractivity contribution in [1.29, 1.82) is 0 Å². The van der Waals surface area contributed by atoms with Crippen LogP contribution in [0.2, 0.25) is 0 Å². The molecule has 2 unspecified atom stereocenters. The van der Waals surface area contributed by atoms with Gasteiger partial charge < -0.3 is 15.7 Å². The molecule has 21 heavy (non-hydrogen) atoms. The highest BCUT2D eigenvalue weighted by atomic mass is 32.1. The number of rotatable bonds is 7. The fourth-order valence-electron chi connectivity index (χ4n) is 2.01. The summed E-state index contributed by atoms with van der Waals surface area (Å²) in [5.74, 6) is -0.464. The first-order chi connectivity index (χ1) is 10.0. The topological polar surface area (TPSA) is 78.4 Å². The summed E-state index contributed by atoms with van der Waals surface area (Å²) in [6.45, 7) is 4.02. The lowest BCUT2D eigenvalue weighted by molar-refractivity contribution is -0.132. The predicted octanol–water partition coefficient (Wildman–Crippen LogP) is 1.20. The standard InChI is InChI=1S/C15H22N2O3S/c1-3-11-6-7-12(21-11)8-16-15(20)13(9(2)18)17-14(19)10-4-5-10/h6-7,9-10,13,18H,3-5,8H2,1-2H3,(H,16,20)(H,17,19). The summed E-state index contributed by atoms with van der Waals surface area (Å²) in [4.78, 5) is 26.2. The molecule has 0 radical (unpaired) electrons. The number of hydrogen-bond acceptors (Lipinski definition) is 4. The number of carbonyl (C=O) groups is 2. The lowest BCUT2D eigenvalue weighted by Gasteiger charge is -2.20. The Bertz CT molecular complexity index is 509. The van der Waals surface area contributed by atoms with Crippen molar-refractivity contribution >= 4 is 23.2 Å². The van der Waals surface area contributed by atoms with Gasteiger partial charge in [-0.15, -0.1) is 11.3 Å². The fraction of sp³-hybridized carbons (Fsp3) is 0.600. The number of carbonyl (C=O) groups excluding carboxylic acids is 2. The van der Waals surface area contributed by atoms with E-state index < -0.39 is 12.1 Å². The molecule has 0 spiro atoms. The second-order valence-corrected chi connectivity index (χ2v) is 6.69. The van der Waals surface area contributed by atoms with Crippen LogP contribution in [0.3, 0.4) is 0 Å². The molecule has 0 aliphatic heterocycles. The third kappa shape index (κ3) is 4.54. The van der Waals surface area contributed by atoms with E-state index in [-0.39, 0.29) is 17.7 Å². The summed E-state index contributed by atoms with van der Waals surface area (Å²) in [5.41, 5.74) is 0. The van der Waals surface area contributed by atoms with Crippen molar-refractivity contribution in [3.05, 3.63) is 21.9 Å². The van der Waals surface area contributed by atoms with Gasteiger partial charge in [0, 0.05) is 15.7 Å². The second kappa shape index (κ2) is 7.04. The van der Waals surface area contributed by atoms with Crippen molar-refractivity contribution in [2.24, 2.45) is 5.92 Å². The number of thiophene rings is 1. The predicted molar refractivity (Wildman–Crippen MR) is 81.9 cm³/mol. The molecule has 1 fully saturated rings. The smallest absolute Gasteiger partial charge is 0.245 e. The van der Waals surface area contributed by atoms with Gasteiger partial charge in [0.25, 0.3) is 0 Å². The van der Waals surface area contributed by atoms with Crippen LogP contribution in [0.4, 0.5) is 0 Å². The maximum Gasteiger partial charge on any atom is 0.245 e. The Balaban J connectivity index is 1.87. The molecule has 2 rings (SSSR count). The summed E-state index contributed by atoms with van der Waals surface area (Å²) >= 11 is 1.66. The Hall–Kier alpha value is -1.40. The van der Waals surface area contributed by atoms with E-state index in [1.165, 1.54) is 11.8 Å². The van der Waals surface area contributed by atoms with Gasteiger partial charge in [0.05, 0.1) is 12.6 Å². The van der Waals surface area contributed by atoms with Crippen LogP contribution >= 0.6 is 11.3 Å². The minimum absolute atomic E-state index is 0.0171. The van der Waals surface area contributed by atoms with Crippen LogP contribution in [-0.2, 0) is 22.6 Å². The molecule has 0 aromatic carbocycles. The molecular weight excluding hydrogens is 288 g/mol. The van der Waals surface area contributed by atoms with Gasteiger partial charge in [0.2, 0.25) is 11.8 Å². The second-order valence-electron chi connectivity index (χ2n) is 5.44. The molecule has 1 aromatic rings. The molecular formula is C15H22N2O3S. The van der Waals surface area contributed by atoms with Crippen LogP contribution in [0.15, 0.2) is 12.1 Å². The number of aliphatic hydroxyl groups excluding tert-OH is 1. The first kappa shape index (κ1) is 16.0. The maximum atomic E-state index is 12.1. The number of aliphatic hydroxyl groups is 1. The van der Waals surface area contributed by atoms with Gasteiger partial charge in [-0.3, -0.25) is 9.59 Å². The van der Waals surface area contributed by atoms with Gasteiger partial charge >= 0.3 is 0 Å². The zero-order chi connectivity index (χ0) is 15.4. The van der Waals surface area contributed by atoms with E-state index in [4.69, 9.17) is 0 Å². The molecule has 5 nitrogen and oxygen atoms in total. The van der Waals surface area contributed by atoms with Crippen molar-refractivity contribution in [1.82, 2.24) is 10.6 Å². The molecule has 1 heterocycles. The van der Waals surface area contributed by atoms with Crippen LogP contribution in [-0.4, -0.2) is 29.1 Å². The summed E-state index contributed by atoms with van der Waals surface area (Å²) < 4.78 is 0. The van der Waals surface area contributed by atoms with Gasteiger partial charge in [0.15, 0.2) is 0 Å². The van der Waals surface area contributed by atoms with E-state index in [1.807, 2.05) is 12.1 Å². The fourth-order valence-corrected chi connectivity index (χ4v) is 2.91. The van der Waals surface area contributed by atoms with Crippen molar-refractivity contribution in [3.8, 4) is 0 Å². The van der Waals surface area contributed by atoms with E-state index >= 15 is 0 Å². The summed E-state index contributed by atoms with van der Waals surface area (Å²) in [6, 6.07) is 3.15. The number of hydrogen-bond donors (Lipinski definition) is 3. The lowest BCUT2D eigenvalue weighted by Crippen LogP contribution is -2.52. The molecule has 0 bridgehead atoms. The number of aryl methyl sites for hydroxylation is 1. The zero-order valence-electron chi connectivity index (χ0n) is 12.4. The zero-order valence-corrected chi connectivity index (χ0v) is 13.2. The highest BCUT2D eigenvalue weighted by molar-refractivity contribution is 7.11. The van der Waals surface area contributed by atoms with Crippen molar-refractivity contribution in [2.45, 2.75) is 51.8 Å². The summed E-state index contributed by atoms with van der Waals surface area (Å²) in [6.07, 6.45) is 1.80. The third-order valence-corrected chi connectivity index (χ3v) is 4.74. The minimum atomic E-state index is -0.915. The Morgan fingerprint density at radius 2 is 2.05 bits per heavy atom. The van der Waals surface area contributed by atoms with Crippen molar-refractivity contribution in [3.63, 3.8) is 0 Å². The van der Waals surface area contributed by atoms with Crippen LogP contribution in [0.5, 0.6) is 0 Å². The SMILES string of the molecule is CCc1ccc(CNC(=O)C(NC(=O)C2CC2)C(C)O)s1. The summed E-state index contributed by atoms with van der Waals surface area (Å²) in [7, 11) is 0. The summed E-state index contributed by atoms with van der Waals surface area (Å²) in [5, 5.41) is 15.1. The first-order valence-electron chi connectivity index (χ1n) is 7.35. The minimum Gasteiger partial charge on any atom is -0.391 e.